The number of hydrogen-bond acceptors (Lipinski definition) is 5. The average molecular weight is 340 g/mol. The molecule has 4 rings (SSSR count). The molecule has 2 aromatic heterocycles. The third-order valence-electron chi connectivity index (χ3n) is 4.43. The maximum absolute atomic E-state index is 12.3. The molecule has 7 heteroatoms. The molecule has 1 N–H and O–H groups in total. The van der Waals surface area contributed by atoms with E-state index < -0.39 is 0 Å². The Kier molecular flexibility index (Phi) is 4.39. The number of benzene rings is 1. The van der Waals surface area contributed by atoms with Gasteiger partial charge < -0.3 is 19.2 Å². The van der Waals surface area contributed by atoms with E-state index in [2.05, 4.69) is 15.4 Å². The van der Waals surface area contributed by atoms with Crippen LogP contribution < -0.4 is 5.32 Å². The molecule has 7 nitrogen and oxygen atoms in total. The Balaban J connectivity index is 1.26. The summed E-state index contributed by atoms with van der Waals surface area (Å²) in [7, 11) is 0. The molecule has 130 valence electrons. The Bertz CT molecular complexity index is 802. The number of amides is 2. The number of para-hydroxylation sites is 1. The lowest BCUT2D eigenvalue weighted by atomic mass is 10.2. The normalized spacial score (nSPS) is 15.6. The fourth-order valence-electron chi connectivity index (χ4n) is 3.06. The van der Waals surface area contributed by atoms with Crippen LogP contribution in [-0.4, -0.2) is 47.2 Å². The van der Waals surface area contributed by atoms with Crippen molar-refractivity contribution < 1.29 is 13.7 Å². The highest BCUT2D eigenvalue weighted by atomic mass is 16.5. The molecule has 0 aliphatic carbocycles. The molecule has 3 heterocycles. The lowest BCUT2D eigenvalue weighted by Crippen LogP contribution is -2.51. The molecule has 0 bridgehead atoms. The van der Waals surface area contributed by atoms with Gasteiger partial charge in [-0.25, -0.2) is 4.79 Å². The van der Waals surface area contributed by atoms with E-state index in [1.807, 2.05) is 41.3 Å². The summed E-state index contributed by atoms with van der Waals surface area (Å²) in [5.41, 5.74) is 1.76. The van der Waals surface area contributed by atoms with Crippen LogP contribution in [0.25, 0.3) is 11.0 Å². The molecule has 2 amide bonds. The second-order valence-corrected chi connectivity index (χ2v) is 6.16. The summed E-state index contributed by atoms with van der Waals surface area (Å²) in [5.74, 6) is 0.763. The molecule has 25 heavy (non-hydrogen) atoms. The molecule has 1 aliphatic heterocycles. The number of rotatable bonds is 4. The Morgan fingerprint density at radius 3 is 2.76 bits per heavy atom. The standard InChI is InChI=1S/C18H20N4O3/c23-18(19-12-16-11-14-3-1-2-4-17(14)25-16)22-8-6-21(7-9-22)13-15-5-10-24-20-15/h1-5,10-11H,6-9,12-13H2,(H,19,23). The fraction of sp³-hybridized carbons (Fsp3) is 0.333. The van der Waals surface area contributed by atoms with Gasteiger partial charge in [0.15, 0.2) is 0 Å². The van der Waals surface area contributed by atoms with Crippen molar-refractivity contribution in [3.63, 3.8) is 0 Å². The van der Waals surface area contributed by atoms with E-state index in [0.717, 1.165) is 42.1 Å². The number of furan rings is 1. The number of carbonyl (C=O) groups is 1. The van der Waals surface area contributed by atoms with Gasteiger partial charge in [0.2, 0.25) is 0 Å². The molecular formula is C18H20N4O3. The summed E-state index contributed by atoms with van der Waals surface area (Å²) >= 11 is 0. The van der Waals surface area contributed by atoms with E-state index in [1.54, 1.807) is 6.26 Å². The summed E-state index contributed by atoms with van der Waals surface area (Å²) in [4.78, 5) is 16.4. The van der Waals surface area contributed by atoms with E-state index in [9.17, 15) is 4.79 Å². The van der Waals surface area contributed by atoms with Crippen molar-refractivity contribution in [2.24, 2.45) is 0 Å². The van der Waals surface area contributed by atoms with Gasteiger partial charge in [-0.1, -0.05) is 23.4 Å². The van der Waals surface area contributed by atoms with Crippen LogP contribution in [0.3, 0.4) is 0 Å². The van der Waals surface area contributed by atoms with Crippen LogP contribution in [0.5, 0.6) is 0 Å². The first kappa shape index (κ1) is 15.7. The Hall–Kier alpha value is -2.80. The third-order valence-corrected chi connectivity index (χ3v) is 4.43. The van der Waals surface area contributed by atoms with E-state index in [-0.39, 0.29) is 6.03 Å². The molecular weight excluding hydrogens is 320 g/mol. The number of nitrogens with one attached hydrogen (secondary N) is 1. The maximum Gasteiger partial charge on any atom is 0.317 e. The van der Waals surface area contributed by atoms with Crippen molar-refractivity contribution in [3.8, 4) is 0 Å². The highest BCUT2D eigenvalue weighted by Crippen LogP contribution is 2.18. The van der Waals surface area contributed by atoms with Crippen molar-refractivity contribution in [2.45, 2.75) is 13.1 Å². The van der Waals surface area contributed by atoms with E-state index in [4.69, 9.17) is 8.94 Å². The first-order valence-electron chi connectivity index (χ1n) is 8.40. The number of hydrogen-bond donors (Lipinski definition) is 1. The second kappa shape index (κ2) is 6.98. The predicted molar refractivity (Wildman–Crippen MR) is 91.8 cm³/mol. The minimum atomic E-state index is -0.0541. The van der Waals surface area contributed by atoms with Gasteiger partial charge in [0.25, 0.3) is 0 Å². The molecule has 3 aromatic rings. The monoisotopic (exact) mass is 340 g/mol. The van der Waals surface area contributed by atoms with E-state index in [0.29, 0.717) is 19.6 Å². The topological polar surface area (TPSA) is 74.8 Å². The quantitative estimate of drug-likeness (QED) is 0.790. The molecule has 0 atom stereocenters. The third kappa shape index (κ3) is 3.66. The molecule has 1 aliphatic rings. The smallest absolute Gasteiger partial charge is 0.317 e. The minimum Gasteiger partial charge on any atom is -0.459 e. The number of urea groups is 1. The Labute approximate surface area is 145 Å². The van der Waals surface area contributed by atoms with Gasteiger partial charge in [-0.05, 0) is 12.1 Å². The van der Waals surface area contributed by atoms with Gasteiger partial charge >= 0.3 is 6.03 Å². The SMILES string of the molecule is O=C(NCc1cc2ccccc2o1)N1CCN(Cc2ccon2)CC1. The van der Waals surface area contributed by atoms with Crippen molar-refractivity contribution in [1.82, 2.24) is 20.3 Å². The Morgan fingerprint density at radius 2 is 2.00 bits per heavy atom. The highest BCUT2D eigenvalue weighted by Gasteiger charge is 2.21. The average Bonchev–Trinajstić information content (AvgIpc) is 3.29. The molecule has 0 radical (unpaired) electrons. The zero-order chi connectivity index (χ0) is 17.1. The van der Waals surface area contributed by atoms with Crippen molar-refractivity contribution >= 4 is 17.0 Å². The van der Waals surface area contributed by atoms with Crippen molar-refractivity contribution in [1.29, 1.82) is 0 Å². The van der Waals surface area contributed by atoms with Crippen LogP contribution in [0.15, 0.2) is 51.6 Å². The van der Waals surface area contributed by atoms with Gasteiger partial charge in [-0.15, -0.1) is 0 Å². The summed E-state index contributed by atoms with van der Waals surface area (Å²) in [6, 6.07) is 11.6. The van der Waals surface area contributed by atoms with Crippen molar-refractivity contribution in [2.75, 3.05) is 26.2 Å². The molecule has 0 spiro atoms. The molecule has 0 unspecified atom stereocenters. The van der Waals surface area contributed by atoms with Crippen LogP contribution in [0.4, 0.5) is 4.79 Å². The van der Waals surface area contributed by atoms with Gasteiger partial charge in [-0.3, -0.25) is 4.90 Å². The van der Waals surface area contributed by atoms with Crippen LogP contribution in [0, 0.1) is 0 Å². The van der Waals surface area contributed by atoms with E-state index >= 15 is 0 Å². The van der Waals surface area contributed by atoms with E-state index in [1.165, 1.54) is 0 Å². The molecule has 1 saturated heterocycles. The van der Waals surface area contributed by atoms with Gasteiger partial charge in [-0.2, -0.15) is 0 Å². The zero-order valence-electron chi connectivity index (χ0n) is 13.9. The van der Waals surface area contributed by atoms with Gasteiger partial charge in [0, 0.05) is 44.2 Å². The van der Waals surface area contributed by atoms with Crippen molar-refractivity contribution in [3.05, 3.63) is 54.1 Å². The molecule has 0 saturated carbocycles. The lowest BCUT2D eigenvalue weighted by Gasteiger charge is -2.34. The maximum atomic E-state index is 12.3. The number of nitrogens with zero attached hydrogens (tertiary/aromatic N) is 3. The number of fused-ring (bicyclic) bond motifs is 1. The fourth-order valence-corrected chi connectivity index (χ4v) is 3.06. The van der Waals surface area contributed by atoms with Gasteiger partial charge in [0.1, 0.15) is 17.6 Å². The van der Waals surface area contributed by atoms with Crippen LogP contribution in [-0.2, 0) is 13.1 Å². The molecule has 1 aromatic carbocycles. The first-order chi connectivity index (χ1) is 12.3. The van der Waals surface area contributed by atoms with Crippen LogP contribution in [0.2, 0.25) is 0 Å². The number of piperazine rings is 1. The summed E-state index contributed by atoms with van der Waals surface area (Å²) in [6.45, 7) is 4.20. The second-order valence-electron chi connectivity index (χ2n) is 6.16. The largest absolute Gasteiger partial charge is 0.459 e. The Morgan fingerprint density at radius 1 is 1.16 bits per heavy atom. The number of carbonyl (C=O) groups excluding carboxylic acids is 1. The zero-order valence-corrected chi connectivity index (χ0v) is 13.9. The minimum absolute atomic E-state index is 0.0541. The summed E-state index contributed by atoms with van der Waals surface area (Å²) in [6.07, 6.45) is 1.58. The number of aromatic nitrogens is 1. The van der Waals surface area contributed by atoms with Crippen LogP contribution >= 0.6 is 0 Å². The summed E-state index contributed by atoms with van der Waals surface area (Å²) in [5, 5.41) is 7.91. The highest BCUT2D eigenvalue weighted by molar-refractivity contribution is 5.78. The lowest BCUT2D eigenvalue weighted by molar-refractivity contribution is 0.133. The van der Waals surface area contributed by atoms with Gasteiger partial charge in [0.05, 0.1) is 12.2 Å². The summed E-state index contributed by atoms with van der Waals surface area (Å²) < 4.78 is 10.6. The van der Waals surface area contributed by atoms with Crippen LogP contribution in [0.1, 0.15) is 11.5 Å². The molecule has 1 fully saturated rings. The first-order valence-corrected chi connectivity index (χ1v) is 8.40. The predicted octanol–water partition coefficient (Wildman–Crippen LogP) is 2.45.